The van der Waals surface area contributed by atoms with Gasteiger partial charge >= 0.3 is 5.97 Å². The van der Waals surface area contributed by atoms with Gasteiger partial charge in [-0.15, -0.1) is 0 Å². The van der Waals surface area contributed by atoms with Crippen LogP contribution in [0.1, 0.15) is 15.9 Å². The monoisotopic (exact) mass is 408 g/mol. The van der Waals surface area contributed by atoms with Crippen molar-refractivity contribution in [2.75, 3.05) is 39.5 Å². The molecule has 0 spiro atoms. The van der Waals surface area contributed by atoms with Crippen LogP contribution in [0.25, 0.3) is 16.5 Å². The van der Waals surface area contributed by atoms with Crippen molar-refractivity contribution in [3.8, 4) is 11.4 Å². The van der Waals surface area contributed by atoms with Crippen LogP contribution in [0.5, 0.6) is 5.75 Å². The van der Waals surface area contributed by atoms with Gasteiger partial charge in [-0.25, -0.2) is 4.79 Å². The van der Waals surface area contributed by atoms with E-state index in [4.69, 9.17) is 9.47 Å². The predicted octanol–water partition coefficient (Wildman–Crippen LogP) is 2.71. The van der Waals surface area contributed by atoms with Crippen LogP contribution in [0, 0.1) is 6.92 Å². The molecule has 1 aliphatic heterocycles. The number of aromatic carboxylic acids is 1. The van der Waals surface area contributed by atoms with Crippen molar-refractivity contribution < 1.29 is 19.4 Å². The molecule has 1 saturated heterocycles. The molecular weight excluding hydrogens is 384 g/mol. The first kappa shape index (κ1) is 20.1. The van der Waals surface area contributed by atoms with Crippen LogP contribution in [0.4, 0.5) is 0 Å². The second-order valence-corrected chi connectivity index (χ2v) is 7.30. The summed E-state index contributed by atoms with van der Waals surface area (Å²) in [7, 11) is 0. The van der Waals surface area contributed by atoms with Gasteiger partial charge in [0.05, 0.1) is 29.9 Å². The topological polar surface area (TPSA) is 81.0 Å². The van der Waals surface area contributed by atoms with Gasteiger partial charge in [0.25, 0.3) is 5.56 Å². The first-order chi connectivity index (χ1) is 14.5. The standard InChI is InChI=1S/C23H24N2O5/c1-16-19(23(27)28)3-2-4-21(16)25-8-7-17-5-6-18(15-20(17)22(25)26)30-14-11-24-9-12-29-13-10-24/h2-8,15H,9-14H2,1H3,(H,27,28). The highest BCUT2D eigenvalue weighted by Gasteiger charge is 2.14. The maximum atomic E-state index is 13.2. The van der Waals surface area contributed by atoms with Crippen LogP contribution < -0.4 is 10.3 Å². The molecule has 7 heteroatoms. The lowest BCUT2D eigenvalue weighted by Gasteiger charge is -2.26. The van der Waals surface area contributed by atoms with Gasteiger partial charge in [0.1, 0.15) is 12.4 Å². The summed E-state index contributed by atoms with van der Waals surface area (Å²) < 4.78 is 12.7. The van der Waals surface area contributed by atoms with Crippen LogP contribution in [0.2, 0.25) is 0 Å². The van der Waals surface area contributed by atoms with Crippen molar-refractivity contribution in [2.45, 2.75) is 6.92 Å². The molecule has 2 aromatic carbocycles. The zero-order chi connectivity index (χ0) is 21.1. The Bertz CT molecular complexity index is 1130. The van der Waals surface area contributed by atoms with Crippen molar-refractivity contribution in [1.29, 1.82) is 0 Å². The highest BCUT2D eigenvalue weighted by molar-refractivity contribution is 5.90. The molecule has 1 aliphatic rings. The molecule has 0 unspecified atom stereocenters. The number of benzene rings is 2. The fourth-order valence-corrected chi connectivity index (χ4v) is 3.73. The fourth-order valence-electron chi connectivity index (χ4n) is 3.73. The quantitative estimate of drug-likeness (QED) is 0.676. The number of pyridine rings is 1. The van der Waals surface area contributed by atoms with Crippen molar-refractivity contribution in [3.05, 3.63) is 70.1 Å². The summed E-state index contributed by atoms with van der Waals surface area (Å²) in [6.07, 6.45) is 1.68. The molecular formula is C23H24N2O5. The van der Waals surface area contributed by atoms with Crippen LogP contribution in [-0.2, 0) is 4.74 Å². The molecule has 7 nitrogen and oxygen atoms in total. The summed E-state index contributed by atoms with van der Waals surface area (Å²) in [6.45, 7) is 6.35. The molecule has 0 radical (unpaired) electrons. The minimum Gasteiger partial charge on any atom is -0.492 e. The van der Waals surface area contributed by atoms with E-state index in [2.05, 4.69) is 4.90 Å². The fraction of sp³-hybridized carbons (Fsp3) is 0.304. The Kier molecular flexibility index (Phi) is 5.83. The maximum absolute atomic E-state index is 13.2. The second kappa shape index (κ2) is 8.69. The number of nitrogens with zero attached hydrogens (tertiary/aromatic N) is 2. The molecule has 2 heterocycles. The number of hydrogen-bond donors (Lipinski definition) is 1. The van der Waals surface area contributed by atoms with E-state index in [1.807, 2.05) is 18.2 Å². The molecule has 1 aromatic heterocycles. The average Bonchev–Trinajstić information content (AvgIpc) is 2.75. The molecule has 3 aromatic rings. The van der Waals surface area contributed by atoms with E-state index in [0.717, 1.165) is 38.2 Å². The Labute approximate surface area is 174 Å². The summed E-state index contributed by atoms with van der Waals surface area (Å²) in [4.78, 5) is 26.9. The highest BCUT2D eigenvalue weighted by atomic mass is 16.5. The second-order valence-electron chi connectivity index (χ2n) is 7.30. The minimum absolute atomic E-state index is 0.180. The predicted molar refractivity (Wildman–Crippen MR) is 114 cm³/mol. The van der Waals surface area contributed by atoms with Gasteiger partial charge < -0.3 is 14.6 Å². The Balaban J connectivity index is 1.61. The maximum Gasteiger partial charge on any atom is 0.336 e. The van der Waals surface area contributed by atoms with Gasteiger partial charge in [-0.3, -0.25) is 14.3 Å². The van der Waals surface area contributed by atoms with E-state index in [1.165, 1.54) is 10.6 Å². The Morgan fingerprint density at radius 3 is 2.73 bits per heavy atom. The normalized spacial score (nSPS) is 14.7. The number of rotatable bonds is 6. The SMILES string of the molecule is Cc1c(C(=O)O)cccc1-n1ccc2ccc(OCCN3CCOCC3)cc2c1=O. The molecule has 0 saturated carbocycles. The van der Waals surface area contributed by atoms with Gasteiger partial charge in [-0.2, -0.15) is 0 Å². The van der Waals surface area contributed by atoms with Gasteiger partial charge in [-0.05, 0) is 48.2 Å². The number of hydrogen-bond acceptors (Lipinski definition) is 5. The van der Waals surface area contributed by atoms with Crippen molar-refractivity contribution in [1.82, 2.24) is 9.47 Å². The highest BCUT2D eigenvalue weighted by Crippen LogP contribution is 2.21. The number of carboxylic acids is 1. The third kappa shape index (κ3) is 4.08. The van der Waals surface area contributed by atoms with Crippen LogP contribution in [0.15, 0.2) is 53.5 Å². The average molecular weight is 408 g/mol. The van der Waals surface area contributed by atoms with Gasteiger partial charge in [-0.1, -0.05) is 12.1 Å². The third-order valence-electron chi connectivity index (χ3n) is 5.45. The molecule has 30 heavy (non-hydrogen) atoms. The summed E-state index contributed by atoms with van der Waals surface area (Å²) in [5.74, 6) is -0.374. The summed E-state index contributed by atoms with van der Waals surface area (Å²) >= 11 is 0. The van der Waals surface area contributed by atoms with Crippen LogP contribution >= 0.6 is 0 Å². The van der Waals surface area contributed by atoms with Crippen LogP contribution in [0.3, 0.4) is 0 Å². The molecule has 0 aliphatic carbocycles. The smallest absolute Gasteiger partial charge is 0.336 e. The lowest BCUT2D eigenvalue weighted by Crippen LogP contribution is -2.38. The van der Waals surface area contributed by atoms with Gasteiger partial charge in [0, 0.05) is 25.8 Å². The molecule has 0 bridgehead atoms. The molecule has 1 fully saturated rings. The van der Waals surface area contributed by atoms with Crippen molar-refractivity contribution in [2.24, 2.45) is 0 Å². The number of morpholine rings is 1. The van der Waals surface area contributed by atoms with Gasteiger partial charge in [0.2, 0.25) is 0 Å². The number of carbonyl (C=O) groups is 1. The zero-order valence-corrected chi connectivity index (χ0v) is 16.8. The van der Waals surface area contributed by atoms with E-state index in [9.17, 15) is 14.7 Å². The zero-order valence-electron chi connectivity index (χ0n) is 16.8. The summed E-state index contributed by atoms with van der Waals surface area (Å²) in [5, 5.41) is 10.7. The molecule has 0 amide bonds. The lowest BCUT2D eigenvalue weighted by molar-refractivity contribution is 0.0322. The number of fused-ring (bicyclic) bond motifs is 1. The number of carboxylic acid groups (broad SMARTS) is 1. The minimum atomic E-state index is -1.01. The van der Waals surface area contributed by atoms with E-state index in [1.54, 1.807) is 31.3 Å². The first-order valence-corrected chi connectivity index (χ1v) is 9.96. The van der Waals surface area contributed by atoms with Crippen molar-refractivity contribution >= 4 is 16.7 Å². The van der Waals surface area contributed by atoms with E-state index in [-0.39, 0.29) is 11.1 Å². The van der Waals surface area contributed by atoms with Crippen molar-refractivity contribution in [3.63, 3.8) is 0 Å². The lowest BCUT2D eigenvalue weighted by atomic mass is 10.1. The Hall–Kier alpha value is -3.16. The number of aromatic nitrogens is 1. The van der Waals surface area contributed by atoms with Crippen LogP contribution in [-0.4, -0.2) is 60.0 Å². The van der Waals surface area contributed by atoms with Gasteiger partial charge in [0.15, 0.2) is 0 Å². The Morgan fingerprint density at radius 2 is 1.97 bits per heavy atom. The molecule has 0 atom stereocenters. The summed E-state index contributed by atoms with van der Waals surface area (Å²) in [5.41, 5.74) is 1.07. The van der Waals surface area contributed by atoms with E-state index < -0.39 is 5.97 Å². The molecule has 1 N–H and O–H groups in total. The third-order valence-corrected chi connectivity index (χ3v) is 5.45. The summed E-state index contributed by atoms with van der Waals surface area (Å²) in [6, 6.07) is 12.3. The number of ether oxygens (including phenoxy) is 2. The largest absolute Gasteiger partial charge is 0.492 e. The van der Waals surface area contributed by atoms with E-state index in [0.29, 0.717) is 29.0 Å². The molecule has 156 valence electrons. The van der Waals surface area contributed by atoms with E-state index >= 15 is 0 Å². The Morgan fingerprint density at radius 1 is 1.17 bits per heavy atom. The first-order valence-electron chi connectivity index (χ1n) is 9.96. The molecule has 4 rings (SSSR count).